The molecule has 4 nitrogen and oxygen atoms in total. The van der Waals surface area contributed by atoms with Crippen molar-refractivity contribution < 1.29 is 4.79 Å². The maximum absolute atomic E-state index is 12.9. The molecule has 0 saturated heterocycles. The molecule has 0 bridgehead atoms. The fraction of sp³-hybridized carbons (Fsp3) is 0.200. The zero-order valence-corrected chi connectivity index (χ0v) is 17.6. The van der Waals surface area contributed by atoms with E-state index in [1.165, 1.54) is 16.8 Å². The number of hydrazone groups is 1. The highest BCUT2D eigenvalue weighted by Crippen LogP contribution is 2.34. The fourth-order valence-electron chi connectivity index (χ4n) is 2.58. The van der Waals surface area contributed by atoms with E-state index >= 15 is 0 Å². The van der Waals surface area contributed by atoms with Crippen molar-refractivity contribution in [1.29, 1.82) is 0 Å². The Labute approximate surface area is 173 Å². The van der Waals surface area contributed by atoms with Crippen LogP contribution in [0.15, 0.2) is 64.2 Å². The number of thioether (sulfide) groups is 1. The first kappa shape index (κ1) is 19.8. The number of anilines is 1. The van der Waals surface area contributed by atoms with Gasteiger partial charge >= 0.3 is 0 Å². The van der Waals surface area contributed by atoms with Crippen LogP contribution in [-0.4, -0.2) is 36.4 Å². The summed E-state index contributed by atoms with van der Waals surface area (Å²) >= 11 is 14.0. The smallest absolute Gasteiger partial charge is 0.282 e. The molecule has 2 aromatic rings. The molecule has 2 aromatic carbocycles. The van der Waals surface area contributed by atoms with Crippen molar-refractivity contribution in [3.8, 4) is 0 Å². The third-order valence-electron chi connectivity index (χ3n) is 3.92. The molecule has 0 N–H and O–H groups in total. The molecule has 0 saturated carbocycles. The number of carbonyl (C=O) groups excluding carboxylic acids is 1. The molecule has 1 aliphatic heterocycles. The van der Waals surface area contributed by atoms with E-state index < -0.39 is 0 Å². The lowest BCUT2D eigenvalue weighted by molar-refractivity contribution is -0.114. The van der Waals surface area contributed by atoms with Gasteiger partial charge in [-0.15, -0.1) is 11.8 Å². The van der Waals surface area contributed by atoms with Crippen LogP contribution >= 0.6 is 35.0 Å². The van der Waals surface area contributed by atoms with Gasteiger partial charge in [0.25, 0.3) is 5.91 Å². The second-order valence-electron chi connectivity index (χ2n) is 6.33. The van der Waals surface area contributed by atoms with Gasteiger partial charge in [-0.1, -0.05) is 41.4 Å². The number of hydrogen-bond donors (Lipinski definition) is 0. The third kappa shape index (κ3) is 4.49. The molecule has 0 aromatic heterocycles. The van der Waals surface area contributed by atoms with E-state index in [-0.39, 0.29) is 5.91 Å². The van der Waals surface area contributed by atoms with Crippen LogP contribution in [0.2, 0.25) is 10.0 Å². The number of nitrogens with zero attached hydrogens (tertiary/aromatic N) is 3. The summed E-state index contributed by atoms with van der Waals surface area (Å²) in [5.74, 6) is 0.388. The van der Waals surface area contributed by atoms with Crippen molar-refractivity contribution in [2.75, 3.05) is 24.9 Å². The Balaban J connectivity index is 1.89. The molecule has 0 spiro atoms. The first-order valence-electron chi connectivity index (χ1n) is 8.31. The quantitative estimate of drug-likeness (QED) is 0.490. The normalized spacial score (nSPS) is 15.4. The molecular weight excluding hydrogens is 401 g/mol. The molecule has 1 amide bonds. The van der Waals surface area contributed by atoms with Gasteiger partial charge in [-0.3, -0.25) is 4.79 Å². The molecule has 0 radical (unpaired) electrons. The number of amides is 1. The van der Waals surface area contributed by atoms with E-state index in [9.17, 15) is 4.79 Å². The summed E-state index contributed by atoms with van der Waals surface area (Å²) in [7, 11) is 3.77. The summed E-state index contributed by atoms with van der Waals surface area (Å²) in [6.07, 6.45) is 1.80. The Kier molecular flexibility index (Phi) is 6.15. The number of rotatable bonds is 5. The second kappa shape index (κ2) is 8.38. The van der Waals surface area contributed by atoms with E-state index in [2.05, 4.69) is 5.10 Å². The van der Waals surface area contributed by atoms with Crippen LogP contribution in [0, 0.1) is 6.92 Å². The summed E-state index contributed by atoms with van der Waals surface area (Å²) in [6.45, 7) is 1.94. The van der Waals surface area contributed by atoms with Gasteiger partial charge in [-0.25, -0.2) is 0 Å². The van der Waals surface area contributed by atoms with Crippen LogP contribution in [-0.2, 0) is 4.79 Å². The Morgan fingerprint density at radius 1 is 1.15 bits per heavy atom. The summed E-state index contributed by atoms with van der Waals surface area (Å²) < 4.78 is 0. The average Bonchev–Trinajstić information content (AvgIpc) is 2.93. The summed E-state index contributed by atoms with van der Waals surface area (Å²) in [5, 5.41) is 7.25. The van der Waals surface area contributed by atoms with E-state index in [4.69, 9.17) is 23.2 Å². The number of aryl methyl sites for hydroxylation is 1. The summed E-state index contributed by atoms with van der Waals surface area (Å²) in [4.78, 5) is 15.7. The maximum Gasteiger partial charge on any atom is 0.282 e. The van der Waals surface area contributed by atoms with Crippen LogP contribution in [0.1, 0.15) is 5.56 Å². The lowest BCUT2D eigenvalue weighted by Crippen LogP contribution is -2.22. The third-order valence-corrected chi connectivity index (χ3v) is 5.82. The molecular formula is C20H19Cl2N3OS. The lowest BCUT2D eigenvalue weighted by atomic mass is 10.2. The van der Waals surface area contributed by atoms with E-state index in [1.54, 1.807) is 12.3 Å². The van der Waals surface area contributed by atoms with Crippen LogP contribution in [0.4, 0.5) is 5.69 Å². The predicted molar refractivity (Wildman–Crippen MR) is 115 cm³/mol. The minimum absolute atomic E-state index is 0.135. The average molecular weight is 420 g/mol. The first-order chi connectivity index (χ1) is 12.9. The molecule has 0 unspecified atom stereocenters. The zero-order chi connectivity index (χ0) is 19.6. The largest absolute Gasteiger partial charge is 0.383 e. The summed E-state index contributed by atoms with van der Waals surface area (Å²) in [5.41, 5.74) is 3.00. The van der Waals surface area contributed by atoms with Crippen molar-refractivity contribution in [3.05, 3.63) is 69.8 Å². The Morgan fingerprint density at radius 2 is 1.85 bits per heavy atom. The van der Waals surface area contributed by atoms with Crippen molar-refractivity contribution in [2.45, 2.75) is 11.8 Å². The van der Waals surface area contributed by atoms with E-state index in [0.29, 0.717) is 27.1 Å². The highest BCUT2D eigenvalue weighted by molar-refractivity contribution is 8.00. The van der Waals surface area contributed by atoms with Gasteiger partial charge in [-0.2, -0.15) is 10.1 Å². The molecule has 140 valence electrons. The number of para-hydroxylation sites is 1. The molecule has 1 aliphatic rings. The van der Waals surface area contributed by atoms with Gasteiger partial charge in [0, 0.05) is 36.0 Å². The van der Waals surface area contributed by atoms with Gasteiger partial charge < -0.3 is 4.90 Å². The Bertz CT molecular complexity index is 926. The van der Waals surface area contributed by atoms with Crippen molar-refractivity contribution in [1.82, 2.24) is 4.90 Å². The van der Waals surface area contributed by atoms with Crippen LogP contribution in [0.3, 0.4) is 0 Å². The predicted octanol–water partition coefficient (Wildman–Crippen LogP) is 5.24. The standard InChI is InChI=1S/C20H19Cl2N3OS/c1-13-9-19(17(22)10-16(13)21)27-12-18-15(11-24(2)3)20(26)25(23-18)14-7-5-4-6-8-14/h4-11H,12H2,1-3H3. The van der Waals surface area contributed by atoms with Crippen molar-refractivity contribution >= 4 is 52.3 Å². The molecule has 0 fully saturated rings. The highest BCUT2D eigenvalue weighted by Gasteiger charge is 2.31. The van der Waals surface area contributed by atoms with E-state index in [1.807, 2.05) is 62.3 Å². The second-order valence-corrected chi connectivity index (χ2v) is 8.16. The molecule has 0 aliphatic carbocycles. The number of benzene rings is 2. The van der Waals surface area contributed by atoms with Gasteiger partial charge in [0.05, 0.1) is 22.0 Å². The van der Waals surface area contributed by atoms with Gasteiger partial charge in [0.1, 0.15) is 0 Å². The molecule has 1 heterocycles. The molecule has 27 heavy (non-hydrogen) atoms. The van der Waals surface area contributed by atoms with Gasteiger partial charge in [0.15, 0.2) is 0 Å². The minimum atomic E-state index is -0.135. The van der Waals surface area contributed by atoms with Crippen molar-refractivity contribution in [2.24, 2.45) is 5.10 Å². The Morgan fingerprint density at radius 3 is 2.52 bits per heavy atom. The first-order valence-corrected chi connectivity index (χ1v) is 10.0. The summed E-state index contributed by atoms with van der Waals surface area (Å²) in [6, 6.07) is 13.1. The highest BCUT2D eigenvalue weighted by atomic mass is 35.5. The number of carbonyl (C=O) groups is 1. The van der Waals surface area contributed by atoms with Crippen LogP contribution < -0.4 is 5.01 Å². The lowest BCUT2D eigenvalue weighted by Gasteiger charge is -2.12. The van der Waals surface area contributed by atoms with Crippen LogP contribution in [0.5, 0.6) is 0 Å². The van der Waals surface area contributed by atoms with Crippen LogP contribution in [0.25, 0.3) is 0 Å². The van der Waals surface area contributed by atoms with Gasteiger partial charge in [0.2, 0.25) is 0 Å². The zero-order valence-electron chi connectivity index (χ0n) is 15.2. The SMILES string of the molecule is Cc1cc(SCC2=NN(c3ccccc3)C(=O)C2=CN(C)C)c(Cl)cc1Cl. The number of hydrogen-bond acceptors (Lipinski definition) is 4. The maximum atomic E-state index is 12.9. The van der Waals surface area contributed by atoms with Crippen molar-refractivity contribution in [3.63, 3.8) is 0 Å². The Hall–Kier alpha value is -1.95. The monoisotopic (exact) mass is 419 g/mol. The van der Waals surface area contributed by atoms with E-state index in [0.717, 1.165) is 16.1 Å². The molecule has 3 rings (SSSR count). The minimum Gasteiger partial charge on any atom is -0.383 e. The molecule has 7 heteroatoms. The number of halogens is 2. The van der Waals surface area contributed by atoms with Gasteiger partial charge in [-0.05, 0) is 36.8 Å². The fourth-order valence-corrected chi connectivity index (χ4v) is 4.09. The topological polar surface area (TPSA) is 35.9 Å². The molecule has 0 atom stereocenters.